The smallest absolute Gasteiger partial charge is 1.00 e. The molecule has 0 fully saturated rings. The van der Waals surface area contributed by atoms with Crippen LogP contribution in [-0.2, 0) is 21.7 Å². The fraction of sp³-hybridized carbons (Fsp3) is 0.100. The van der Waals surface area contributed by atoms with Gasteiger partial charge in [-0.2, -0.15) is 12.1 Å². The Balaban J connectivity index is 0.000000231. The normalized spacial score (nSPS) is 9.93. The number of rotatable bonds is 3. The average molecular weight is 665 g/mol. The number of hydrogen-bond donors (Lipinski definition) is 0. The molecule has 0 bridgehead atoms. The van der Waals surface area contributed by atoms with E-state index in [9.17, 15) is 0 Å². The fourth-order valence-electron chi connectivity index (χ4n) is 5.28. The van der Waals surface area contributed by atoms with E-state index in [2.05, 4.69) is 179 Å². The molecule has 0 nitrogen and oxygen atoms in total. The maximum Gasteiger partial charge on any atom is 4.00 e. The second-order valence-corrected chi connectivity index (χ2v) is 13.4. The minimum absolute atomic E-state index is 0. The third-order valence-electron chi connectivity index (χ3n) is 7.31. The van der Waals surface area contributed by atoms with E-state index >= 15 is 0 Å². The maximum atomic E-state index is 2.31. The number of hydrogen-bond acceptors (Lipinski definition) is 0. The number of benzene rings is 5. The Bertz CT molecular complexity index is 1710. The quantitative estimate of drug-likeness (QED) is 0.190. The van der Waals surface area contributed by atoms with Crippen molar-refractivity contribution in [3.63, 3.8) is 0 Å². The monoisotopic (exact) mass is 663 g/mol. The largest absolute Gasteiger partial charge is 4.00 e. The van der Waals surface area contributed by atoms with Crippen LogP contribution in [0, 0.1) is 13.8 Å². The number of fused-ring (bicyclic) bond motifs is 2. The first-order chi connectivity index (χ1) is 20.0. The van der Waals surface area contributed by atoms with Gasteiger partial charge in [0.15, 0.2) is 0 Å². The first-order valence-electron chi connectivity index (χ1n) is 14.3. The maximum absolute atomic E-state index is 2.31. The molecule has 0 aliphatic heterocycles. The van der Waals surface area contributed by atoms with Crippen molar-refractivity contribution in [2.75, 3.05) is 0 Å². The van der Waals surface area contributed by atoms with Crippen LogP contribution in [0.1, 0.15) is 11.1 Å². The zero-order chi connectivity index (χ0) is 28.6. The Morgan fingerprint density at radius 1 is 0.455 bits per heavy atom. The van der Waals surface area contributed by atoms with Crippen LogP contribution in [0.15, 0.2) is 152 Å². The summed E-state index contributed by atoms with van der Waals surface area (Å²) in [6.07, 6.45) is 0. The SMILES string of the molecule is C[Si](C)c1ccccc1.Cc1cc2c(-c3ccccc3)cccc2[cH-]1.Cc1cc2c(-c3ccccc3)cccc2[cH-]1.[Cl-].[Cl-].[Ti+4]. The Morgan fingerprint density at radius 2 is 0.818 bits per heavy atom. The third kappa shape index (κ3) is 9.41. The van der Waals surface area contributed by atoms with Crippen LogP contribution in [0.25, 0.3) is 43.8 Å². The summed E-state index contributed by atoms with van der Waals surface area (Å²) >= 11 is 0. The van der Waals surface area contributed by atoms with Gasteiger partial charge < -0.3 is 24.8 Å². The molecule has 0 saturated heterocycles. The van der Waals surface area contributed by atoms with E-state index in [1.54, 1.807) is 0 Å². The van der Waals surface area contributed by atoms with Crippen molar-refractivity contribution >= 4 is 35.5 Å². The van der Waals surface area contributed by atoms with Crippen LogP contribution in [0.4, 0.5) is 0 Å². The molecule has 7 aromatic rings. The van der Waals surface area contributed by atoms with E-state index < -0.39 is 0 Å². The summed E-state index contributed by atoms with van der Waals surface area (Å²) in [5.41, 5.74) is 7.89. The van der Waals surface area contributed by atoms with Gasteiger partial charge in [-0.1, -0.05) is 146 Å². The van der Waals surface area contributed by atoms with E-state index in [4.69, 9.17) is 0 Å². The first kappa shape index (κ1) is 37.0. The summed E-state index contributed by atoms with van der Waals surface area (Å²) in [5.74, 6) is 0. The van der Waals surface area contributed by atoms with Crippen LogP contribution >= 0.6 is 0 Å². The molecule has 4 heteroatoms. The van der Waals surface area contributed by atoms with Crippen molar-refractivity contribution in [1.29, 1.82) is 0 Å². The number of halogens is 2. The van der Waals surface area contributed by atoms with Gasteiger partial charge in [0.1, 0.15) is 0 Å². The summed E-state index contributed by atoms with van der Waals surface area (Å²) in [6.45, 7) is 8.91. The summed E-state index contributed by atoms with van der Waals surface area (Å²) in [7, 11) is -0.212. The second kappa shape index (κ2) is 18.0. The molecular weight excluding hydrogens is 627 g/mol. The molecule has 0 aliphatic rings. The molecule has 0 atom stereocenters. The Kier molecular flexibility index (Phi) is 15.1. The Morgan fingerprint density at radius 3 is 1.16 bits per heavy atom. The van der Waals surface area contributed by atoms with Gasteiger partial charge in [0.25, 0.3) is 0 Å². The van der Waals surface area contributed by atoms with Crippen LogP contribution in [0.3, 0.4) is 0 Å². The number of aryl methyl sites for hydroxylation is 2. The predicted molar refractivity (Wildman–Crippen MR) is 183 cm³/mol. The Hall–Kier alpha value is -3.17. The van der Waals surface area contributed by atoms with Crippen LogP contribution in [-0.4, -0.2) is 8.80 Å². The van der Waals surface area contributed by atoms with E-state index in [1.165, 1.54) is 60.1 Å². The van der Waals surface area contributed by atoms with Crippen molar-refractivity contribution in [1.82, 2.24) is 0 Å². The molecule has 1 radical (unpaired) electrons. The predicted octanol–water partition coefficient (Wildman–Crippen LogP) is 4.72. The molecule has 0 saturated carbocycles. The first-order valence-corrected chi connectivity index (χ1v) is 16.8. The van der Waals surface area contributed by atoms with E-state index in [1.807, 2.05) is 0 Å². The van der Waals surface area contributed by atoms with Crippen molar-refractivity contribution in [2.24, 2.45) is 0 Å². The molecule has 0 unspecified atom stereocenters. The van der Waals surface area contributed by atoms with E-state index in [0.717, 1.165) is 0 Å². The van der Waals surface area contributed by atoms with Crippen molar-refractivity contribution in [3.8, 4) is 22.3 Å². The van der Waals surface area contributed by atoms with E-state index in [0.29, 0.717) is 0 Å². The average Bonchev–Trinajstić information content (AvgIpc) is 3.59. The van der Waals surface area contributed by atoms with Gasteiger partial charge in [-0.3, -0.25) is 0 Å². The van der Waals surface area contributed by atoms with Crippen LogP contribution < -0.4 is 30.0 Å². The molecule has 0 N–H and O–H groups in total. The third-order valence-corrected chi connectivity index (χ3v) is 8.80. The molecule has 219 valence electrons. The van der Waals surface area contributed by atoms with Crippen molar-refractivity contribution < 1.29 is 46.5 Å². The molecule has 0 aliphatic carbocycles. The van der Waals surface area contributed by atoms with Crippen molar-refractivity contribution in [3.05, 3.63) is 163 Å². The standard InChI is InChI=1S/2C16H13.C8H11Si.2ClH.Ti/c2*1-12-10-14-8-5-9-15(16(14)11-12)13-6-3-2-4-7-13;1-9(2)8-6-4-3-5-7-8;;;/h2*2-11H,1H3;3-7H,1-2H3;2*1H;/q2*-1;;;;+4/p-2. The fourth-order valence-corrected chi connectivity index (χ4v) is 6.14. The summed E-state index contributed by atoms with van der Waals surface area (Å²) in [4.78, 5) is 0. The topological polar surface area (TPSA) is 0 Å². The molecular formula is C40H37Cl2SiTi. The minimum atomic E-state index is -0.212. The zero-order valence-corrected chi connectivity index (χ0v) is 29.8. The molecule has 7 rings (SSSR count). The summed E-state index contributed by atoms with van der Waals surface area (Å²) in [5, 5.41) is 6.89. The molecule has 44 heavy (non-hydrogen) atoms. The molecule has 0 aromatic heterocycles. The van der Waals surface area contributed by atoms with Gasteiger partial charge in [-0.15, -0.1) is 69.1 Å². The molecule has 0 amide bonds. The summed E-state index contributed by atoms with van der Waals surface area (Å²) in [6, 6.07) is 53.8. The molecule has 7 aromatic carbocycles. The van der Waals surface area contributed by atoms with Gasteiger partial charge in [0, 0.05) is 0 Å². The van der Waals surface area contributed by atoms with Gasteiger partial charge >= 0.3 is 21.7 Å². The molecule has 0 spiro atoms. The van der Waals surface area contributed by atoms with Crippen LogP contribution in [0.2, 0.25) is 13.1 Å². The van der Waals surface area contributed by atoms with Gasteiger partial charge in [-0.25, -0.2) is 0 Å². The Labute approximate surface area is 292 Å². The second-order valence-electron chi connectivity index (χ2n) is 10.8. The van der Waals surface area contributed by atoms with E-state index in [-0.39, 0.29) is 55.3 Å². The van der Waals surface area contributed by atoms with Crippen molar-refractivity contribution in [2.45, 2.75) is 26.9 Å². The van der Waals surface area contributed by atoms with Gasteiger partial charge in [0.2, 0.25) is 0 Å². The van der Waals surface area contributed by atoms with Gasteiger partial charge in [-0.05, 0) is 11.1 Å². The summed E-state index contributed by atoms with van der Waals surface area (Å²) < 4.78 is 0. The molecule has 0 heterocycles. The van der Waals surface area contributed by atoms with Gasteiger partial charge in [0.05, 0.1) is 8.80 Å². The minimum Gasteiger partial charge on any atom is -1.00 e. The zero-order valence-electron chi connectivity index (χ0n) is 25.7. The van der Waals surface area contributed by atoms with Crippen LogP contribution in [0.5, 0.6) is 0 Å².